The molecule has 2 aromatic rings. The van der Waals surface area contributed by atoms with E-state index in [0.717, 1.165) is 29.6 Å². The Bertz CT molecular complexity index is 752. The average molecular weight is 348 g/mol. The normalized spacial score (nSPS) is 11.8. The van der Waals surface area contributed by atoms with Crippen molar-refractivity contribution in [2.24, 2.45) is 0 Å². The Kier molecular flexibility index (Phi) is 5.90. The lowest BCUT2D eigenvalue weighted by Gasteiger charge is -2.26. The maximum Gasteiger partial charge on any atom is 0.317 e. The standard InChI is InChI=1S/C18H22F2N4O/c1-12(15-10-14(19)5-6-16(15)20)24(4)18(25)22-11-13-7-8-21-17(9-13)23(2)3/h5-10,12H,11H2,1-4H3,(H,22,25). The molecule has 1 unspecified atom stereocenters. The number of carbonyl (C=O) groups excluding carboxylic acids is 1. The lowest BCUT2D eigenvalue weighted by Crippen LogP contribution is -2.38. The Labute approximate surface area is 146 Å². The van der Waals surface area contributed by atoms with E-state index in [1.807, 2.05) is 31.1 Å². The zero-order chi connectivity index (χ0) is 18.6. The third-order valence-electron chi connectivity index (χ3n) is 4.02. The van der Waals surface area contributed by atoms with Crippen molar-refractivity contribution in [2.45, 2.75) is 19.5 Å². The summed E-state index contributed by atoms with van der Waals surface area (Å²) in [7, 11) is 5.31. The van der Waals surface area contributed by atoms with Crippen LogP contribution in [0.25, 0.3) is 0 Å². The Morgan fingerprint density at radius 1 is 1.20 bits per heavy atom. The molecule has 0 saturated heterocycles. The monoisotopic (exact) mass is 348 g/mol. The number of rotatable bonds is 5. The summed E-state index contributed by atoms with van der Waals surface area (Å²) in [5.41, 5.74) is 1.03. The largest absolute Gasteiger partial charge is 0.363 e. The predicted octanol–water partition coefficient (Wildman–Crippen LogP) is 3.33. The van der Waals surface area contributed by atoms with Crippen LogP contribution in [-0.2, 0) is 6.54 Å². The minimum absolute atomic E-state index is 0.136. The first-order valence-corrected chi connectivity index (χ1v) is 7.87. The molecule has 2 amide bonds. The number of halogens is 2. The molecule has 1 N–H and O–H groups in total. The molecule has 1 heterocycles. The van der Waals surface area contributed by atoms with Crippen LogP contribution in [0.15, 0.2) is 36.5 Å². The summed E-state index contributed by atoms with van der Waals surface area (Å²) in [5.74, 6) is -0.293. The van der Waals surface area contributed by atoms with Gasteiger partial charge in [-0.05, 0) is 42.8 Å². The van der Waals surface area contributed by atoms with E-state index >= 15 is 0 Å². The van der Waals surface area contributed by atoms with Gasteiger partial charge in [-0.3, -0.25) is 0 Å². The molecule has 0 aliphatic heterocycles. The molecule has 1 aromatic carbocycles. The van der Waals surface area contributed by atoms with Gasteiger partial charge in [-0.25, -0.2) is 18.6 Å². The first-order valence-electron chi connectivity index (χ1n) is 7.87. The van der Waals surface area contributed by atoms with Crippen LogP contribution >= 0.6 is 0 Å². The summed E-state index contributed by atoms with van der Waals surface area (Å²) < 4.78 is 27.2. The molecule has 0 bridgehead atoms. The maximum atomic E-state index is 13.9. The van der Waals surface area contributed by atoms with E-state index in [2.05, 4.69) is 10.3 Å². The van der Waals surface area contributed by atoms with Crippen LogP contribution < -0.4 is 10.2 Å². The fourth-order valence-electron chi connectivity index (χ4n) is 2.34. The zero-order valence-corrected chi connectivity index (χ0v) is 14.8. The van der Waals surface area contributed by atoms with Crippen molar-refractivity contribution in [1.29, 1.82) is 0 Å². The number of carbonyl (C=O) groups is 1. The topological polar surface area (TPSA) is 48.5 Å². The van der Waals surface area contributed by atoms with Gasteiger partial charge >= 0.3 is 6.03 Å². The van der Waals surface area contributed by atoms with Gasteiger partial charge < -0.3 is 15.1 Å². The second-order valence-corrected chi connectivity index (χ2v) is 6.03. The van der Waals surface area contributed by atoms with Crippen LogP contribution in [0.3, 0.4) is 0 Å². The first kappa shape index (κ1) is 18.6. The second-order valence-electron chi connectivity index (χ2n) is 6.03. The van der Waals surface area contributed by atoms with Crippen LogP contribution in [0.1, 0.15) is 24.1 Å². The SMILES string of the molecule is CC(c1cc(F)ccc1F)N(C)C(=O)NCc1ccnc(N(C)C)c1. The summed E-state index contributed by atoms with van der Waals surface area (Å²) >= 11 is 0. The molecule has 1 aromatic heterocycles. The van der Waals surface area contributed by atoms with Crippen molar-refractivity contribution >= 4 is 11.8 Å². The highest BCUT2D eigenvalue weighted by atomic mass is 19.1. The number of urea groups is 1. The van der Waals surface area contributed by atoms with Gasteiger partial charge in [0.05, 0.1) is 6.04 Å². The Hall–Kier alpha value is -2.70. The van der Waals surface area contributed by atoms with Crippen LogP contribution in [-0.4, -0.2) is 37.1 Å². The molecule has 0 saturated carbocycles. The molecule has 2 rings (SSSR count). The molecule has 0 aliphatic carbocycles. The van der Waals surface area contributed by atoms with E-state index in [0.29, 0.717) is 6.54 Å². The molecule has 5 nitrogen and oxygen atoms in total. The van der Waals surface area contributed by atoms with Gasteiger partial charge in [0.2, 0.25) is 0 Å². The molecule has 134 valence electrons. The van der Waals surface area contributed by atoms with Gasteiger partial charge in [0.1, 0.15) is 17.5 Å². The van der Waals surface area contributed by atoms with Crippen LogP contribution in [0, 0.1) is 11.6 Å². The molecule has 0 spiro atoms. The predicted molar refractivity (Wildman–Crippen MR) is 93.3 cm³/mol. The zero-order valence-electron chi connectivity index (χ0n) is 14.8. The third kappa shape index (κ3) is 4.65. The summed E-state index contributed by atoms with van der Waals surface area (Å²) in [6, 6.07) is 5.92. The van der Waals surface area contributed by atoms with Crippen molar-refractivity contribution < 1.29 is 13.6 Å². The minimum Gasteiger partial charge on any atom is -0.363 e. The Morgan fingerprint density at radius 3 is 2.60 bits per heavy atom. The molecular weight excluding hydrogens is 326 g/mol. The molecule has 1 atom stereocenters. The number of aromatic nitrogens is 1. The van der Waals surface area contributed by atoms with Crippen molar-refractivity contribution in [3.8, 4) is 0 Å². The number of amides is 2. The number of anilines is 1. The van der Waals surface area contributed by atoms with Gasteiger partial charge in [0, 0.05) is 39.4 Å². The quantitative estimate of drug-likeness (QED) is 0.902. The number of benzene rings is 1. The van der Waals surface area contributed by atoms with E-state index in [1.165, 1.54) is 4.90 Å². The van der Waals surface area contributed by atoms with Crippen molar-refractivity contribution in [2.75, 3.05) is 26.0 Å². The van der Waals surface area contributed by atoms with Crippen LogP contribution in [0.2, 0.25) is 0 Å². The van der Waals surface area contributed by atoms with E-state index in [4.69, 9.17) is 0 Å². The smallest absolute Gasteiger partial charge is 0.317 e. The highest BCUT2D eigenvalue weighted by Crippen LogP contribution is 2.22. The number of pyridine rings is 1. The van der Waals surface area contributed by atoms with E-state index in [1.54, 1.807) is 20.2 Å². The summed E-state index contributed by atoms with van der Waals surface area (Å²) in [5, 5.41) is 2.77. The molecule has 7 heteroatoms. The van der Waals surface area contributed by atoms with Crippen LogP contribution in [0.4, 0.5) is 19.4 Å². The third-order valence-corrected chi connectivity index (χ3v) is 4.02. The van der Waals surface area contributed by atoms with Crippen molar-refractivity contribution in [3.63, 3.8) is 0 Å². The van der Waals surface area contributed by atoms with E-state index in [-0.39, 0.29) is 11.6 Å². The fourth-order valence-corrected chi connectivity index (χ4v) is 2.34. The van der Waals surface area contributed by atoms with E-state index < -0.39 is 17.7 Å². The number of hydrogen-bond acceptors (Lipinski definition) is 3. The highest BCUT2D eigenvalue weighted by Gasteiger charge is 2.20. The molecule has 0 fully saturated rings. The summed E-state index contributed by atoms with van der Waals surface area (Å²) in [6.45, 7) is 1.96. The van der Waals surface area contributed by atoms with Gasteiger partial charge in [0.15, 0.2) is 0 Å². The van der Waals surface area contributed by atoms with Crippen molar-refractivity contribution in [1.82, 2.24) is 15.2 Å². The molecule has 0 radical (unpaired) electrons. The van der Waals surface area contributed by atoms with E-state index in [9.17, 15) is 13.6 Å². The maximum absolute atomic E-state index is 13.9. The molecule has 25 heavy (non-hydrogen) atoms. The highest BCUT2D eigenvalue weighted by molar-refractivity contribution is 5.74. The minimum atomic E-state index is -0.606. The average Bonchev–Trinajstić information content (AvgIpc) is 2.60. The molecular formula is C18H22F2N4O. The second kappa shape index (κ2) is 7.92. The lowest BCUT2D eigenvalue weighted by atomic mass is 10.1. The fraction of sp³-hybridized carbons (Fsp3) is 0.333. The molecule has 0 aliphatic rings. The Morgan fingerprint density at radius 2 is 1.92 bits per heavy atom. The Balaban J connectivity index is 2.02. The van der Waals surface area contributed by atoms with Gasteiger partial charge in [-0.1, -0.05) is 0 Å². The number of nitrogens with one attached hydrogen (secondary N) is 1. The van der Waals surface area contributed by atoms with Gasteiger partial charge in [0.25, 0.3) is 0 Å². The summed E-state index contributed by atoms with van der Waals surface area (Å²) in [4.78, 5) is 19.7. The van der Waals surface area contributed by atoms with Crippen molar-refractivity contribution in [3.05, 3.63) is 59.3 Å². The first-order chi connectivity index (χ1) is 11.8. The number of nitrogens with zero attached hydrogens (tertiary/aromatic N) is 3. The van der Waals surface area contributed by atoms with Gasteiger partial charge in [-0.2, -0.15) is 0 Å². The van der Waals surface area contributed by atoms with Gasteiger partial charge in [-0.15, -0.1) is 0 Å². The van der Waals surface area contributed by atoms with Crippen LogP contribution in [0.5, 0.6) is 0 Å². The number of hydrogen-bond donors (Lipinski definition) is 1. The summed E-state index contributed by atoms with van der Waals surface area (Å²) in [6.07, 6.45) is 1.67. The lowest BCUT2D eigenvalue weighted by molar-refractivity contribution is 0.193.